The lowest BCUT2D eigenvalue weighted by atomic mass is 10.1. The summed E-state index contributed by atoms with van der Waals surface area (Å²) in [5, 5.41) is 0. The molecule has 0 amide bonds. The number of carbonyl (C=O) groups is 1. The maximum atomic E-state index is 12.2. The van der Waals surface area contributed by atoms with Gasteiger partial charge in [-0.05, 0) is 64.9 Å². The quantitative estimate of drug-likeness (QED) is 0.403. The molecule has 1 aliphatic heterocycles. The monoisotopic (exact) mass is 449 g/mol. The molecule has 0 saturated carbocycles. The first-order chi connectivity index (χ1) is 12.0. The van der Waals surface area contributed by atoms with Gasteiger partial charge in [0.25, 0.3) is 0 Å². The van der Waals surface area contributed by atoms with Crippen LogP contribution in [-0.2, 0) is 9.53 Å². The molecule has 0 N–H and O–H groups in total. The fraction of sp³-hybridized carbons (Fsp3) is 0.158. The first-order valence-corrected chi connectivity index (χ1v) is 8.61. The summed E-state index contributed by atoms with van der Waals surface area (Å²) in [5.74, 6) is 1.10. The summed E-state index contributed by atoms with van der Waals surface area (Å²) in [7, 11) is 3.16. The van der Waals surface area contributed by atoms with Gasteiger partial charge in [-0.1, -0.05) is 18.2 Å². The zero-order valence-corrected chi connectivity index (χ0v) is 16.2. The third-order valence-corrected chi connectivity index (χ3v) is 4.56. The molecule has 2 aromatic rings. The summed E-state index contributed by atoms with van der Waals surface area (Å²) >= 11 is 2.16. The SMILES string of the molecule is COc1cc(C=C2N=C(c3ccccc3C)OC2=O)cc(I)c1OC. The Morgan fingerprint density at radius 3 is 2.60 bits per heavy atom. The highest BCUT2D eigenvalue weighted by molar-refractivity contribution is 14.1. The molecular weight excluding hydrogens is 433 g/mol. The van der Waals surface area contributed by atoms with E-state index in [1.54, 1.807) is 26.4 Å². The van der Waals surface area contributed by atoms with E-state index in [9.17, 15) is 4.79 Å². The number of halogens is 1. The maximum absolute atomic E-state index is 12.2. The van der Waals surface area contributed by atoms with Gasteiger partial charge in [0.15, 0.2) is 17.2 Å². The molecule has 25 heavy (non-hydrogen) atoms. The lowest BCUT2D eigenvalue weighted by Crippen LogP contribution is -2.06. The number of aliphatic imine (C=N–C) groups is 1. The minimum absolute atomic E-state index is 0.251. The molecule has 0 unspecified atom stereocenters. The predicted octanol–water partition coefficient (Wildman–Crippen LogP) is 3.96. The first kappa shape index (κ1) is 17.5. The molecule has 0 bridgehead atoms. The van der Waals surface area contributed by atoms with E-state index in [2.05, 4.69) is 27.6 Å². The van der Waals surface area contributed by atoms with Gasteiger partial charge < -0.3 is 14.2 Å². The Morgan fingerprint density at radius 1 is 1.16 bits per heavy atom. The number of carbonyl (C=O) groups excluding carboxylic acids is 1. The minimum Gasteiger partial charge on any atom is -0.493 e. The first-order valence-electron chi connectivity index (χ1n) is 7.53. The fourth-order valence-electron chi connectivity index (χ4n) is 2.52. The molecule has 2 aromatic carbocycles. The fourth-order valence-corrected chi connectivity index (χ4v) is 3.36. The number of nitrogens with zero attached hydrogens (tertiary/aromatic N) is 1. The third kappa shape index (κ3) is 3.53. The number of aryl methyl sites for hydroxylation is 1. The highest BCUT2D eigenvalue weighted by Gasteiger charge is 2.25. The Kier molecular flexibility index (Phi) is 5.08. The molecule has 0 saturated heterocycles. The Balaban J connectivity index is 2.00. The molecule has 1 heterocycles. The summed E-state index contributed by atoms with van der Waals surface area (Å²) < 4.78 is 16.9. The summed E-state index contributed by atoms with van der Waals surface area (Å²) in [4.78, 5) is 16.5. The smallest absolute Gasteiger partial charge is 0.363 e. The van der Waals surface area contributed by atoms with Crippen LogP contribution in [0.2, 0.25) is 0 Å². The van der Waals surface area contributed by atoms with Crippen LogP contribution in [0.1, 0.15) is 16.7 Å². The molecular formula is C19H16INO4. The molecule has 0 aliphatic carbocycles. The van der Waals surface area contributed by atoms with Crippen molar-refractivity contribution in [1.29, 1.82) is 0 Å². The van der Waals surface area contributed by atoms with Gasteiger partial charge >= 0.3 is 5.97 Å². The molecule has 0 spiro atoms. The standard InChI is InChI=1S/C19H16INO4/c1-11-6-4-5-7-13(11)18-21-15(19(22)25-18)9-12-8-14(20)17(24-3)16(10-12)23-2/h4-10H,1-3H3. The predicted molar refractivity (Wildman–Crippen MR) is 104 cm³/mol. The molecule has 0 radical (unpaired) electrons. The van der Waals surface area contributed by atoms with Crippen molar-refractivity contribution in [1.82, 2.24) is 0 Å². The van der Waals surface area contributed by atoms with Gasteiger partial charge in [0.1, 0.15) is 0 Å². The second kappa shape index (κ2) is 7.26. The second-order valence-corrected chi connectivity index (χ2v) is 6.55. The van der Waals surface area contributed by atoms with Crippen LogP contribution in [0.4, 0.5) is 0 Å². The van der Waals surface area contributed by atoms with Gasteiger partial charge in [-0.25, -0.2) is 9.79 Å². The molecule has 1 aliphatic rings. The Morgan fingerprint density at radius 2 is 1.92 bits per heavy atom. The normalized spacial score (nSPS) is 15.1. The van der Waals surface area contributed by atoms with Crippen molar-refractivity contribution in [2.24, 2.45) is 4.99 Å². The van der Waals surface area contributed by atoms with Crippen LogP contribution in [0.5, 0.6) is 11.5 Å². The highest BCUT2D eigenvalue weighted by atomic mass is 127. The number of benzene rings is 2. The van der Waals surface area contributed by atoms with Crippen LogP contribution in [-0.4, -0.2) is 26.1 Å². The lowest BCUT2D eigenvalue weighted by Gasteiger charge is -2.10. The van der Waals surface area contributed by atoms with E-state index in [0.717, 1.165) is 20.3 Å². The summed E-state index contributed by atoms with van der Waals surface area (Å²) in [6.07, 6.45) is 1.68. The molecule has 6 heteroatoms. The van der Waals surface area contributed by atoms with Crippen molar-refractivity contribution in [3.05, 3.63) is 62.4 Å². The molecule has 3 rings (SSSR count). The minimum atomic E-state index is -0.469. The van der Waals surface area contributed by atoms with Gasteiger partial charge in [0.05, 0.1) is 17.8 Å². The van der Waals surface area contributed by atoms with Gasteiger partial charge in [0.2, 0.25) is 5.90 Å². The van der Waals surface area contributed by atoms with Crippen molar-refractivity contribution in [3.63, 3.8) is 0 Å². The molecule has 5 nitrogen and oxygen atoms in total. The van der Waals surface area contributed by atoms with Crippen molar-refractivity contribution in [2.75, 3.05) is 14.2 Å². The Hall–Kier alpha value is -2.35. The van der Waals surface area contributed by atoms with Crippen LogP contribution in [0.15, 0.2) is 47.1 Å². The van der Waals surface area contributed by atoms with Crippen LogP contribution in [0.3, 0.4) is 0 Å². The number of cyclic esters (lactones) is 1. The van der Waals surface area contributed by atoms with Gasteiger partial charge in [-0.3, -0.25) is 0 Å². The van der Waals surface area contributed by atoms with E-state index in [0.29, 0.717) is 17.4 Å². The maximum Gasteiger partial charge on any atom is 0.363 e. The van der Waals surface area contributed by atoms with E-state index in [4.69, 9.17) is 14.2 Å². The van der Waals surface area contributed by atoms with E-state index in [1.165, 1.54) is 0 Å². The number of hydrogen-bond acceptors (Lipinski definition) is 5. The highest BCUT2D eigenvalue weighted by Crippen LogP contribution is 2.34. The summed E-state index contributed by atoms with van der Waals surface area (Å²) in [6, 6.07) is 11.3. The number of hydrogen-bond donors (Lipinski definition) is 0. The number of rotatable bonds is 4. The van der Waals surface area contributed by atoms with Gasteiger partial charge in [0, 0.05) is 5.56 Å². The van der Waals surface area contributed by atoms with Crippen LogP contribution >= 0.6 is 22.6 Å². The largest absolute Gasteiger partial charge is 0.493 e. The van der Waals surface area contributed by atoms with Crippen LogP contribution in [0.25, 0.3) is 6.08 Å². The molecule has 0 aromatic heterocycles. The zero-order chi connectivity index (χ0) is 18.0. The zero-order valence-electron chi connectivity index (χ0n) is 14.0. The number of esters is 1. The average molecular weight is 449 g/mol. The van der Waals surface area contributed by atoms with Gasteiger partial charge in [-0.15, -0.1) is 0 Å². The molecule has 128 valence electrons. The van der Waals surface area contributed by atoms with Crippen molar-refractivity contribution in [3.8, 4) is 11.5 Å². The van der Waals surface area contributed by atoms with Crippen LogP contribution in [0, 0.1) is 10.5 Å². The average Bonchev–Trinajstić information content (AvgIpc) is 2.95. The van der Waals surface area contributed by atoms with Crippen molar-refractivity contribution in [2.45, 2.75) is 6.92 Å². The second-order valence-electron chi connectivity index (χ2n) is 5.39. The summed E-state index contributed by atoms with van der Waals surface area (Å²) in [5.41, 5.74) is 2.84. The van der Waals surface area contributed by atoms with E-state index in [-0.39, 0.29) is 5.70 Å². The van der Waals surface area contributed by atoms with E-state index < -0.39 is 5.97 Å². The Bertz CT molecular complexity index is 902. The molecule has 0 atom stereocenters. The van der Waals surface area contributed by atoms with Gasteiger partial charge in [-0.2, -0.15) is 0 Å². The van der Waals surface area contributed by atoms with E-state index in [1.807, 2.05) is 37.3 Å². The third-order valence-electron chi connectivity index (χ3n) is 3.76. The summed E-state index contributed by atoms with van der Waals surface area (Å²) in [6.45, 7) is 1.95. The van der Waals surface area contributed by atoms with E-state index >= 15 is 0 Å². The van der Waals surface area contributed by atoms with Crippen molar-refractivity contribution >= 4 is 40.5 Å². The lowest BCUT2D eigenvalue weighted by molar-refractivity contribution is -0.129. The topological polar surface area (TPSA) is 57.1 Å². The number of ether oxygens (including phenoxy) is 3. The van der Waals surface area contributed by atoms with Crippen molar-refractivity contribution < 1.29 is 19.0 Å². The number of methoxy groups -OCH3 is 2. The molecule has 0 fully saturated rings. The van der Waals surface area contributed by atoms with Crippen LogP contribution < -0.4 is 9.47 Å². The Labute approximate surface area is 159 Å².